The molecule has 5 aromatic carbocycles. The summed E-state index contributed by atoms with van der Waals surface area (Å²) in [7, 11) is 0. The number of para-hydroxylation sites is 1. The molecule has 3 fully saturated rings. The number of benzene rings is 5. The number of nitrogens with zero attached hydrogens (tertiary/aromatic N) is 2. The Labute approximate surface area is 316 Å². The lowest BCUT2D eigenvalue weighted by Crippen LogP contribution is -2.57. The van der Waals surface area contributed by atoms with E-state index in [0.29, 0.717) is 25.2 Å². The topological polar surface area (TPSA) is 103 Å². The summed E-state index contributed by atoms with van der Waals surface area (Å²) in [5, 5.41) is 15.8. The maximum Gasteiger partial charge on any atom is 0.251 e. The van der Waals surface area contributed by atoms with Gasteiger partial charge in [-0.2, -0.15) is 0 Å². The summed E-state index contributed by atoms with van der Waals surface area (Å²) < 4.78 is 13.5. The predicted molar refractivity (Wildman–Crippen MR) is 208 cm³/mol. The zero-order valence-electron chi connectivity index (χ0n) is 30.3. The van der Waals surface area contributed by atoms with Gasteiger partial charge in [0.1, 0.15) is 5.54 Å². The lowest BCUT2D eigenvalue weighted by atomic mass is 9.85. The van der Waals surface area contributed by atoms with Crippen molar-refractivity contribution >= 4 is 17.5 Å². The molecule has 0 aliphatic carbocycles. The number of aliphatic hydroxyl groups is 1. The van der Waals surface area contributed by atoms with E-state index < -0.39 is 11.8 Å². The van der Waals surface area contributed by atoms with Crippen molar-refractivity contribution in [3.63, 3.8) is 0 Å². The van der Waals surface area contributed by atoms with Crippen LogP contribution in [0.5, 0.6) is 0 Å². The average Bonchev–Trinajstić information content (AvgIpc) is 3.55. The summed E-state index contributed by atoms with van der Waals surface area (Å²) in [5.41, 5.74) is 7.06. The summed E-state index contributed by atoms with van der Waals surface area (Å²) >= 11 is 0. The number of hydrogen-bond acceptors (Lipinski definition) is 7. The average molecular weight is 723 g/mol. The molecule has 0 aromatic heterocycles. The minimum atomic E-state index is -0.593. The van der Waals surface area contributed by atoms with Crippen molar-refractivity contribution in [2.45, 2.75) is 56.5 Å². The molecule has 9 nitrogen and oxygen atoms in total. The van der Waals surface area contributed by atoms with Gasteiger partial charge in [0.15, 0.2) is 6.29 Å². The highest BCUT2D eigenvalue weighted by Crippen LogP contribution is 2.41. The number of ether oxygens (including phenoxy) is 2. The quantitative estimate of drug-likeness (QED) is 0.147. The molecule has 3 atom stereocenters. The molecule has 0 bridgehead atoms. The molecule has 3 aliphatic heterocycles. The van der Waals surface area contributed by atoms with Crippen molar-refractivity contribution in [3.05, 3.63) is 161 Å². The minimum Gasteiger partial charge on any atom is -0.392 e. The third kappa shape index (κ3) is 7.67. The second-order valence-electron chi connectivity index (χ2n) is 14.5. The van der Waals surface area contributed by atoms with Gasteiger partial charge in [0, 0.05) is 49.4 Å². The Kier molecular flexibility index (Phi) is 10.6. The van der Waals surface area contributed by atoms with Gasteiger partial charge in [0.2, 0.25) is 5.91 Å². The Morgan fingerprint density at radius 2 is 1.48 bits per heavy atom. The van der Waals surface area contributed by atoms with Crippen LogP contribution in [-0.2, 0) is 27.4 Å². The molecule has 0 saturated carbocycles. The van der Waals surface area contributed by atoms with E-state index in [-0.39, 0.29) is 30.6 Å². The van der Waals surface area contributed by atoms with Crippen LogP contribution in [0.25, 0.3) is 11.1 Å². The smallest absolute Gasteiger partial charge is 0.251 e. The standard InChI is InChI=1S/C45H46N4O5/c50-30-32-17-19-34(20-18-32)41-27-40(29-48-23-21-45(22-24-48)44(52)47-31-49(45)39-15-5-2-6-16-39)53-43(54-41)38-14-8-13-37(26-38)36-12-7-9-33(25-36)28-46-42(51)35-10-3-1-4-11-35/h1-20,25-26,40-41,43,50H,21-24,27-31H2,(H,46,51)(H,47,52). The van der Waals surface area contributed by atoms with Gasteiger partial charge < -0.3 is 35.0 Å². The number of likely N-dealkylation sites (tertiary alicyclic amines) is 1. The first-order chi connectivity index (χ1) is 26.5. The Morgan fingerprint density at radius 3 is 2.22 bits per heavy atom. The van der Waals surface area contributed by atoms with Crippen molar-refractivity contribution in [2.24, 2.45) is 0 Å². The van der Waals surface area contributed by atoms with Gasteiger partial charge in [-0.1, -0.05) is 97.1 Å². The first-order valence-electron chi connectivity index (χ1n) is 18.8. The van der Waals surface area contributed by atoms with Crippen LogP contribution in [0.2, 0.25) is 0 Å². The summed E-state index contributed by atoms with van der Waals surface area (Å²) in [4.78, 5) is 30.6. The second-order valence-corrected chi connectivity index (χ2v) is 14.5. The monoisotopic (exact) mass is 722 g/mol. The van der Waals surface area contributed by atoms with Gasteiger partial charge >= 0.3 is 0 Å². The molecular weight excluding hydrogens is 677 g/mol. The fourth-order valence-corrected chi connectivity index (χ4v) is 8.06. The van der Waals surface area contributed by atoms with E-state index in [0.717, 1.165) is 71.5 Å². The highest BCUT2D eigenvalue weighted by atomic mass is 16.7. The van der Waals surface area contributed by atoms with E-state index in [9.17, 15) is 14.7 Å². The minimum absolute atomic E-state index is 0.0102. The zero-order valence-corrected chi connectivity index (χ0v) is 30.3. The number of hydrogen-bond donors (Lipinski definition) is 3. The molecule has 3 saturated heterocycles. The molecule has 9 heteroatoms. The van der Waals surface area contributed by atoms with Crippen LogP contribution in [0.15, 0.2) is 133 Å². The Hall–Kier alpha value is -5.32. The molecule has 5 aromatic rings. The van der Waals surface area contributed by atoms with Crippen LogP contribution in [0.1, 0.15) is 64.3 Å². The highest BCUT2D eigenvalue weighted by Gasteiger charge is 2.50. The van der Waals surface area contributed by atoms with Crippen LogP contribution in [0, 0.1) is 0 Å². The molecule has 3 N–H and O–H groups in total. The van der Waals surface area contributed by atoms with Gasteiger partial charge in [-0.3, -0.25) is 9.59 Å². The molecule has 3 aliphatic rings. The van der Waals surface area contributed by atoms with Gasteiger partial charge in [0.05, 0.1) is 25.5 Å². The fraction of sp³-hybridized carbons (Fsp3) is 0.289. The number of anilines is 1. The van der Waals surface area contributed by atoms with E-state index in [2.05, 4.69) is 56.8 Å². The van der Waals surface area contributed by atoms with Crippen LogP contribution in [-0.4, -0.2) is 59.8 Å². The van der Waals surface area contributed by atoms with Gasteiger partial charge in [-0.05, 0) is 77.1 Å². The van der Waals surface area contributed by atoms with Crippen LogP contribution in [0.3, 0.4) is 0 Å². The number of carbonyl (C=O) groups is 2. The lowest BCUT2D eigenvalue weighted by molar-refractivity contribution is -0.253. The van der Waals surface area contributed by atoms with E-state index >= 15 is 0 Å². The summed E-state index contributed by atoms with van der Waals surface area (Å²) in [5.74, 6) is 0.00841. The first-order valence-corrected chi connectivity index (χ1v) is 18.8. The van der Waals surface area contributed by atoms with Crippen molar-refractivity contribution in [1.29, 1.82) is 0 Å². The molecule has 1 spiro atoms. The van der Waals surface area contributed by atoms with Crippen molar-refractivity contribution < 1.29 is 24.2 Å². The van der Waals surface area contributed by atoms with Crippen LogP contribution in [0.4, 0.5) is 5.69 Å². The SMILES string of the molecule is O=C(NCc1cccc(-c2cccc(C3OC(CN4CCC5(CC4)C(=O)NCN5c4ccccc4)CC(c4ccc(CO)cc4)O3)c2)c1)c1ccccc1. The number of carbonyl (C=O) groups excluding carboxylic acids is 2. The van der Waals surface area contributed by atoms with Crippen molar-refractivity contribution in [1.82, 2.24) is 15.5 Å². The Morgan fingerprint density at radius 1 is 0.778 bits per heavy atom. The largest absolute Gasteiger partial charge is 0.392 e. The Balaban J connectivity index is 0.983. The zero-order chi connectivity index (χ0) is 36.9. The summed E-state index contributed by atoms with van der Waals surface area (Å²) in [6.45, 7) is 3.24. The van der Waals surface area contributed by atoms with Gasteiger partial charge in [-0.15, -0.1) is 0 Å². The van der Waals surface area contributed by atoms with E-state index in [4.69, 9.17) is 9.47 Å². The van der Waals surface area contributed by atoms with E-state index in [1.165, 1.54) is 0 Å². The number of piperidine rings is 1. The molecular formula is C45H46N4O5. The van der Waals surface area contributed by atoms with Gasteiger partial charge in [0.25, 0.3) is 5.91 Å². The molecule has 54 heavy (non-hydrogen) atoms. The maximum absolute atomic E-state index is 13.3. The van der Waals surface area contributed by atoms with Crippen molar-refractivity contribution in [3.8, 4) is 11.1 Å². The normalized spacial score (nSPS) is 21.2. The molecule has 276 valence electrons. The second kappa shape index (κ2) is 16.0. The number of rotatable bonds is 10. The summed E-state index contributed by atoms with van der Waals surface area (Å²) in [6.07, 6.45) is 1.26. The predicted octanol–water partition coefficient (Wildman–Crippen LogP) is 6.75. The van der Waals surface area contributed by atoms with Crippen LogP contribution < -0.4 is 15.5 Å². The Bertz CT molecular complexity index is 2050. The van der Waals surface area contributed by atoms with Crippen molar-refractivity contribution in [2.75, 3.05) is 31.2 Å². The molecule has 3 unspecified atom stereocenters. The fourth-order valence-electron chi connectivity index (χ4n) is 8.06. The molecule has 8 rings (SSSR count). The molecule has 0 radical (unpaired) electrons. The maximum atomic E-state index is 13.3. The van der Waals surface area contributed by atoms with Crippen LogP contribution >= 0.6 is 0 Å². The highest BCUT2D eigenvalue weighted by molar-refractivity contribution is 5.94. The molecule has 3 heterocycles. The first kappa shape index (κ1) is 35.7. The van der Waals surface area contributed by atoms with E-state index in [1.54, 1.807) is 0 Å². The van der Waals surface area contributed by atoms with Gasteiger partial charge in [-0.25, -0.2) is 0 Å². The number of nitrogens with one attached hydrogen (secondary N) is 2. The third-order valence-electron chi connectivity index (χ3n) is 11.1. The number of amides is 2. The van der Waals surface area contributed by atoms with E-state index in [1.807, 2.05) is 97.1 Å². The third-order valence-corrected chi connectivity index (χ3v) is 11.1. The summed E-state index contributed by atoms with van der Waals surface area (Å²) in [6, 6.07) is 43.9. The molecule has 2 amide bonds. The lowest BCUT2D eigenvalue weighted by Gasteiger charge is -2.45. The number of aliphatic hydroxyl groups excluding tert-OH is 1.